The summed E-state index contributed by atoms with van der Waals surface area (Å²) in [7, 11) is 1.31. The van der Waals surface area contributed by atoms with Gasteiger partial charge in [-0.2, -0.15) is 13.2 Å². The summed E-state index contributed by atoms with van der Waals surface area (Å²) in [5.41, 5.74) is -0.704. The van der Waals surface area contributed by atoms with E-state index in [4.69, 9.17) is 0 Å². The van der Waals surface area contributed by atoms with Crippen molar-refractivity contribution >= 4 is 30.0 Å². The third-order valence-corrected chi connectivity index (χ3v) is 6.37. The van der Waals surface area contributed by atoms with Gasteiger partial charge >= 0.3 is 6.18 Å². The molecule has 0 saturated carbocycles. The lowest BCUT2D eigenvalue weighted by Crippen LogP contribution is -2.47. The fourth-order valence-corrected chi connectivity index (χ4v) is 4.24. The van der Waals surface area contributed by atoms with E-state index in [0.717, 1.165) is 30.6 Å². The van der Waals surface area contributed by atoms with Gasteiger partial charge in [-0.25, -0.2) is 18.7 Å². The summed E-state index contributed by atoms with van der Waals surface area (Å²) in [6, 6.07) is 1.36. The number of rotatable bonds is 7. The number of hydrogen-bond acceptors (Lipinski definition) is 7. The normalized spacial score (nSPS) is 15.6. The third kappa shape index (κ3) is 7.14. The Hall–Kier alpha value is -1.73. The molecule has 0 radical (unpaired) electrons. The Morgan fingerprint density at radius 3 is 2.21 bits per heavy atom. The molecule has 2 aromatic heterocycles. The number of aromatic nitrogens is 5. The lowest BCUT2D eigenvalue weighted by atomic mass is 9.95. The van der Waals surface area contributed by atoms with Crippen LogP contribution in [0, 0.1) is 0 Å². The molecule has 3 rings (SSSR count). The monoisotopic (exact) mass is 529 g/mol. The SMILES string of the molecule is Cl.Cn1c(SCCCN2CCN(c3cc(C(F)F)nc(C(C)(C)C)n3)CC2)nnc1C(F)(F)F. The van der Waals surface area contributed by atoms with E-state index in [9.17, 15) is 22.0 Å². The van der Waals surface area contributed by atoms with Crippen molar-refractivity contribution < 1.29 is 22.0 Å². The number of thioether (sulfide) groups is 1. The second-order valence-corrected chi connectivity index (χ2v) is 9.98. The van der Waals surface area contributed by atoms with Crippen molar-refractivity contribution in [3.05, 3.63) is 23.4 Å². The average Bonchev–Trinajstić information content (AvgIpc) is 3.11. The molecule has 0 aromatic carbocycles. The van der Waals surface area contributed by atoms with E-state index in [1.807, 2.05) is 25.7 Å². The van der Waals surface area contributed by atoms with Crippen molar-refractivity contribution in [2.45, 2.75) is 50.4 Å². The maximum absolute atomic E-state index is 13.3. The molecule has 0 bridgehead atoms. The van der Waals surface area contributed by atoms with E-state index < -0.39 is 23.8 Å². The molecule has 7 nitrogen and oxygen atoms in total. The number of halogens is 6. The maximum Gasteiger partial charge on any atom is 0.451 e. The van der Waals surface area contributed by atoms with Crippen LogP contribution in [0.4, 0.5) is 27.8 Å². The van der Waals surface area contributed by atoms with Gasteiger partial charge in [-0.3, -0.25) is 4.90 Å². The molecule has 2 aromatic rings. The highest BCUT2D eigenvalue weighted by atomic mass is 35.5. The average molecular weight is 530 g/mol. The summed E-state index contributed by atoms with van der Waals surface area (Å²) in [6.45, 7) is 9.23. The van der Waals surface area contributed by atoms with Crippen molar-refractivity contribution in [1.29, 1.82) is 0 Å². The molecule has 0 amide bonds. The van der Waals surface area contributed by atoms with Crippen molar-refractivity contribution in [1.82, 2.24) is 29.6 Å². The Morgan fingerprint density at radius 1 is 1.03 bits per heavy atom. The number of alkyl halides is 5. The quantitative estimate of drug-likeness (QED) is 0.295. The van der Waals surface area contributed by atoms with Crippen LogP contribution in [-0.2, 0) is 18.6 Å². The van der Waals surface area contributed by atoms with E-state index >= 15 is 0 Å². The molecule has 14 heteroatoms. The summed E-state index contributed by atoms with van der Waals surface area (Å²) in [6.07, 6.45) is -6.41. The van der Waals surface area contributed by atoms with Crippen LogP contribution in [0.25, 0.3) is 0 Å². The maximum atomic E-state index is 13.3. The molecule has 0 N–H and O–H groups in total. The minimum absolute atomic E-state index is 0. The Labute approximate surface area is 205 Å². The van der Waals surface area contributed by atoms with Crippen LogP contribution < -0.4 is 4.90 Å². The fourth-order valence-electron chi connectivity index (χ4n) is 3.40. The third-order valence-electron chi connectivity index (χ3n) is 5.26. The van der Waals surface area contributed by atoms with Gasteiger partial charge in [0, 0.05) is 50.5 Å². The lowest BCUT2D eigenvalue weighted by molar-refractivity contribution is -0.147. The first kappa shape index (κ1) is 28.5. The molecule has 0 aliphatic carbocycles. The molecular formula is C20H29ClF5N7S. The zero-order valence-corrected chi connectivity index (χ0v) is 21.1. The second kappa shape index (κ2) is 11.3. The number of piperazine rings is 1. The summed E-state index contributed by atoms with van der Waals surface area (Å²) in [5, 5.41) is 7.09. The van der Waals surface area contributed by atoms with Crippen LogP contribution in [0.1, 0.15) is 51.0 Å². The first-order valence-electron chi connectivity index (χ1n) is 10.6. The van der Waals surface area contributed by atoms with Crippen molar-refractivity contribution in [3.63, 3.8) is 0 Å². The smallest absolute Gasteiger partial charge is 0.354 e. The van der Waals surface area contributed by atoms with E-state index in [-0.39, 0.29) is 23.3 Å². The summed E-state index contributed by atoms with van der Waals surface area (Å²) in [4.78, 5) is 12.8. The molecule has 34 heavy (non-hydrogen) atoms. The van der Waals surface area contributed by atoms with Crippen molar-refractivity contribution in [2.75, 3.05) is 43.4 Å². The van der Waals surface area contributed by atoms with Gasteiger partial charge in [-0.15, -0.1) is 22.6 Å². The number of anilines is 1. The minimum atomic E-state index is -4.52. The molecule has 192 valence electrons. The van der Waals surface area contributed by atoms with Gasteiger partial charge in [0.15, 0.2) is 5.16 Å². The molecule has 1 aliphatic rings. The molecule has 3 heterocycles. The lowest BCUT2D eigenvalue weighted by Gasteiger charge is -2.36. The minimum Gasteiger partial charge on any atom is -0.354 e. The molecule has 1 saturated heterocycles. The highest BCUT2D eigenvalue weighted by Crippen LogP contribution is 2.30. The van der Waals surface area contributed by atoms with E-state index in [1.54, 1.807) is 0 Å². The topological polar surface area (TPSA) is 63.0 Å². The van der Waals surface area contributed by atoms with Crippen molar-refractivity contribution in [3.8, 4) is 0 Å². The predicted octanol–water partition coefficient (Wildman–Crippen LogP) is 4.59. The van der Waals surface area contributed by atoms with Gasteiger partial charge in [-0.05, 0) is 13.0 Å². The number of nitrogens with zero attached hydrogens (tertiary/aromatic N) is 7. The first-order valence-corrected chi connectivity index (χ1v) is 11.6. The second-order valence-electron chi connectivity index (χ2n) is 8.92. The van der Waals surface area contributed by atoms with E-state index in [1.165, 1.54) is 24.9 Å². The van der Waals surface area contributed by atoms with Crippen LogP contribution >= 0.6 is 24.2 Å². The predicted molar refractivity (Wildman–Crippen MR) is 123 cm³/mol. The Kier molecular flexibility index (Phi) is 9.51. The Balaban J connectivity index is 0.00000408. The summed E-state index contributed by atoms with van der Waals surface area (Å²) >= 11 is 1.24. The van der Waals surface area contributed by atoms with Crippen LogP contribution in [0.5, 0.6) is 0 Å². The molecule has 1 fully saturated rings. The largest absolute Gasteiger partial charge is 0.451 e. The van der Waals surface area contributed by atoms with Crippen LogP contribution in [0.15, 0.2) is 11.2 Å². The molecule has 0 spiro atoms. The molecule has 0 atom stereocenters. The Bertz CT molecular complexity index is 940. The highest BCUT2D eigenvalue weighted by Gasteiger charge is 2.37. The highest BCUT2D eigenvalue weighted by molar-refractivity contribution is 7.99. The molecule has 0 unspecified atom stereocenters. The van der Waals surface area contributed by atoms with Gasteiger partial charge in [-0.1, -0.05) is 32.5 Å². The van der Waals surface area contributed by atoms with Gasteiger partial charge in [0.1, 0.15) is 17.3 Å². The summed E-state index contributed by atoms with van der Waals surface area (Å²) in [5.74, 6) is 0.522. The molecule has 1 aliphatic heterocycles. The van der Waals surface area contributed by atoms with Crippen LogP contribution in [-0.4, -0.2) is 68.1 Å². The van der Waals surface area contributed by atoms with Gasteiger partial charge in [0.2, 0.25) is 5.82 Å². The van der Waals surface area contributed by atoms with Gasteiger partial charge < -0.3 is 9.47 Å². The van der Waals surface area contributed by atoms with Gasteiger partial charge in [0.05, 0.1) is 0 Å². The van der Waals surface area contributed by atoms with Crippen LogP contribution in [0.2, 0.25) is 0 Å². The van der Waals surface area contributed by atoms with E-state index in [0.29, 0.717) is 30.5 Å². The standard InChI is InChI=1S/C20H28F5N7S.ClH/c1-19(2,3)16-26-13(15(21)22)12-14(27-16)32-9-7-31(8-10-32)6-5-11-33-18-29-28-17(30(18)4)20(23,24)25;/h12,15H,5-11H2,1-4H3;1H. The summed E-state index contributed by atoms with van der Waals surface area (Å²) < 4.78 is 66.0. The zero-order chi connectivity index (χ0) is 24.4. The van der Waals surface area contributed by atoms with Crippen molar-refractivity contribution in [2.24, 2.45) is 7.05 Å². The zero-order valence-electron chi connectivity index (χ0n) is 19.4. The molecular weight excluding hydrogens is 501 g/mol. The Morgan fingerprint density at radius 2 is 1.68 bits per heavy atom. The van der Waals surface area contributed by atoms with E-state index in [2.05, 4.69) is 25.1 Å². The first-order chi connectivity index (χ1) is 15.4. The van der Waals surface area contributed by atoms with Gasteiger partial charge in [0.25, 0.3) is 6.43 Å². The number of hydrogen-bond donors (Lipinski definition) is 0. The fraction of sp³-hybridized carbons (Fsp3) is 0.700. The van der Waals surface area contributed by atoms with Crippen LogP contribution in [0.3, 0.4) is 0 Å².